The summed E-state index contributed by atoms with van der Waals surface area (Å²) in [6.45, 7) is 6.36. The lowest BCUT2D eigenvalue weighted by molar-refractivity contribution is -0.151. The molecule has 1 aromatic carbocycles. The average molecular weight is 279 g/mol. The van der Waals surface area contributed by atoms with Crippen molar-refractivity contribution < 1.29 is 14.3 Å². The number of rotatable bonds is 7. The van der Waals surface area contributed by atoms with Gasteiger partial charge >= 0.3 is 5.97 Å². The number of carbonyl (C=O) groups is 1. The molecule has 0 saturated heterocycles. The second-order valence-electron chi connectivity index (χ2n) is 5.58. The van der Waals surface area contributed by atoms with Crippen molar-refractivity contribution in [3.8, 4) is 0 Å². The molecule has 4 nitrogen and oxygen atoms in total. The van der Waals surface area contributed by atoms with E-state index in [-0.39, 0.29) is 12.7 Å². The van der Waals surface area contributed by atoms with Gasteiger partial charge in [0.05, 0.1) is 19.8 Å². The lowest BCUT2D eigenvalue weighted by Gasteiger charge is -2.28. The first-order chi connectivity index (χ1) is 9.40. The highest BCUT2D eigenvalue weighted by Crippen LogP contribution is 2.22. The van der Waals surface area contributed by atoms with Crippen LogP contribution in [-0.2, 0) is 19.8 Å². The molecule has 0 amide bonds. The molecule has 1 rings (SSSR count). The van der Waals surface area contributed by atoms with Crippen LogP contribution in [0.25, 0.3) is 0 Å². The highest BCUT2D eigenvalue weighted by atomic mass is 16.5. The van der Waals surface area contributed by atoms with Crippen LogP contribution in [0.2, 0.25) is 0 Å². The summed E-state index contributed by atoms with van der Waals surface area (Å²) in [6, 6.07) is 9.19. The second-order valence-corrected chi connectivity index (χ2v) is 5.58. The summed E-state index contributed by atoms with van der Waals surface area (Å²) in [5.74, 6) is 0.0486. The average Bonchev–Trinajstić information content (AvgIpc) is 2.44. The summed E-state index contributed by atoms with van der Waals surface area (Å²) in [5.41, 5.74) is 5.69. The molecule has 0 aromatic heterocycles. The Morgan fingerprint density at radius 2 is 1.85 bits per heavy atom. The zero-order chi connectivity index (χ0) is 15.2. The number of hydrogen-bond acceptors (Lipinski definition) is 4. The maximum absolute atomic E-state index is 12.0. The lowest BCUT2D eigenvalue weighted by Crippen LogP contribution is -2.50. The van der Waals surface area contributed by atoms with Crippen LogP contribution >= 0.6 is 0 Å². The van der Waals surface area contributed by atoms with Crippen molar-refractivity contribution in [1.29, 1.82) is 0 Å². The molecule has 0 fully saturated rings. The van der Waals surface area contributed by atoms with E-state index in [2.05, 4.69) is 13.8 Å². The van der Waals surface area contributed by atoms with Crippen LogP contribution in [0.5, 0.6) is 0 Å². The fourth-order valence-corrected chi connectivity index (χ4v) is 2.18. The van der Waals surface area contributed by atoms with E-state index in [1.807, 2.05) is 37.3 Å². The van der Waals surface area contributed by atoms with Gasteiger partial charge in [-0.15, -0.1) is 0 Å². The van der Waals surface area contributed by atoms with Gasteiger partial charge in [0.1, 0.15) is 0 Å². The van der Waals surface area contributed by atoms with Crippen molar-refractivity contribution in [2.75, 3.05) is 13.7 Å². The third-order valence-corrected chi connectivity index (χ3v) is 3.24. The van der Waals surface area contributed by atoms with E-state index >= 15 is 0 Å². The molecular weight excluding hydrogens is 254 g/mol. The van der Waals surface area contributed by atoms with Gasteiger partial charge in [0, 0.05) is 0 Å². The number of esters is 1. The monoisotopic (exact) mass is 279 g/mol. The van der Waals surface area contributed by atoms with Gasteiger partial charge < -0.3 is 15.2 Å². The molecule has 112 valence electrons. The molecule has 4 heteroatoms. The van der Waals surface area contributed by atoms with E-state index in [0.717, 1.165) is 6.42 Å². The predicted molar refractivity (Wildman–Crippen MR) is 79.2 cm³/mol. The minimum atomic E-state index is -1.26. The van der Waals surface area contributed by atoms with E-state index in [1.54, 1.807) is 0 Å². The van der Waals surface area contributed by atoms with Crippen molar-refractivity contribution >= 4 is 5.97 Å². The van der Waals surface area contributed by atoms with E-state index in [1.165, 1.54) is 7.11 Å². The van der Waals surface area contributed by atoms with E-state index in [4.69, 9.17) is 15.2 Å². The SMILES string of the molecule is COC(=O)C(N)(COC(C)CC(C)C)c1ccccc1. The fraction of sp³-hybridized carbons (Fsp3) is 0.562. The van der Waals surface area contributed by atoms with Crippen molar-refractivity contribution in [1.82, 2.24) is 0 Å². The van der Waals surface area contributed by atoms with Gasteiger partial charge in [-0.25, -0.2) is 4.79 Å². The Bertz CT molecular complexity index is 419. The van der Waals surface area contributed by atoms with Gasteiger partial charge in [-0.2, -0.15) is 0 Å². The summed E-state index contributed by atoms with van der Waals surface area (Å²) < 4.78 is 10.6. The van der Waals surface area contributed by atoms with E-state index in [9.17, 15) is 4.79 Å². The zero-order valence-corrected chi connectivity index (χ0v) is 12.8. The molecule has 20 heavy (non-hydrogen) atoms. The molecular formula is C16H25NO3. The summed E-state index contributed by atoms with van der Waals surface area (Å²) in [6.07, 6.45) is 0.970. The van der Waals surface area contributed by atoms with Crippen molar-refractivity contribution in [2.45, 2.75) is 38.8 Å². The van der Waals surface area contributed by atoms with Crippen LogP contribution in [0.15, 0.2) is 30.3 Å². The summed E-state index contributed by atoms with van der Waals surface area (Å²) in [4.78, 5) is 12.0. The lowest BCUT2D eigenvalue weighted by atomic mass is 9.92. The van der Waals surface area contributed by atoms with Gasteiger partial charge in [-0.1, -0.05) is 44.2 Å². The zero-order valence-electron chi connectivity index (χ0n) is 12.8. The number of nitrogens with two attached hydrogens (primary N) is 1. The van der Waals surface area contributed by atoms with Gasteiger partial charge in [-0.3, -0.25) is 0 Å². The van der Waals surface area contributed by atoms with Crippen molar-refractivity contribution in [2.24, 2.45) is 11.7 Å². The Labute approximate surface area is 121 Å². The maximum atomic E-state index is 12.0. The maximum Gasteiger partial charge on any atom is 0.332 e. The van der Waals surface area contributed by atoms with Gasteiger partial charge in [0.15, 0.2) is 5.54 Å². The van der Waals surface area contributed by atoms with Crippen LogP contribution in [0.3, 0.4) is 0 Å². The first-order valence-corrected chi connectivity index (χ1v) is 6.94. The van der Waals surface area contributed by atoms with Crippen LogP contribution < -0.4 is 5.73 Å². The molecule has 0 aliphatic heterocycles. The Morgan fingerprint density at radius 3 is 2.35 bits per heavy atom. The van der Waals surface area contributed by atoms with E-state index < -0.39 is 11.5 Å². The van der Waals surface area contributed by atoms with Crippen molar-refractivity contribution in [3.05, 3.63) is 35.9 Å². The molecule has 1 aromatic rings. The highest BCUT2D eigenvalue weighted by Gasteiger charge is 2.38. The minimum Gasteiger partial charge on any atom is -0.467 e. The molecule has 0 bridgehead atoms. The highest BCUT2D eigenvalue weighted by molar-refractivity contribution is 5.82. The molecule has 0 aliphatic carbocycles. The molecule has 2 atom stereocenters. The molecule has 2 N–H and O–H groups in total. The minimum absolute atomic E-state index is 0.0475. The largest absolute Gasteiger partial charge is 0.467 e. The number of ether oxygens (including phenoxy) is 2. The molecule has 0 heterocycles. The quantitative estimate of drug-likeness (QED) is 0.779. The Hall–Kier alpha value is -1.39. The third-order valence-electron chi connectivity index (χ3n) is 3.24. The summed E-state index contributed by atoms with van der Waals surface area (Å²) in [7, 11) is 1.34. The number of benzene rings is 1. The first-order valence-electron chi connectivity index (χ1n) is 6.94. The smallest absolute Gasteiger partial charge is 0.332 e. The van der Waals surface area contributed by atoms with Crippen LogP contribution in [0.4, 0.5) is 0 Å². The van der Waals surface area contributed by atoms with Crippen LogP contribution in [0.1, 0.15) is 32.8 Å². The van der Waals surface area contributed by atoms with Gasteiger partial charge in [0.2, 0.25) is 0 Å². The summed E-state index contributed by atoms with van der Waals surface area (Å²) in [5, 5.41) is 0. The fourth-order valence-electron chi connectivity index (χ4n) is 2.18. The molecule has 0 spiro atoms. The summed E-state index contributed by atoms with van der Waals surface area (Å²) >= 11 is 0. The molecule has 2 unspecified atom stereocenters. The normalized spacial score (nSPS) is 15.7. The number of carbonyl (C=O) groups excluding carboxylic acids is 1. The Kier molecular flexibility index (Phi) is 6.17. The van der Waals surface area contributed by atoms with Crippen LogP contribution in [-0.4, -0.2) is 25.8 Å². The van der Waals surface area contributed by atoms with Crippen LogP contribution in [0, 0.1) is 5.92 Å². The third kappa shape index (κ3) is 4.32. The standard InChI is InChI=1S/C16H25NO3/c1-12(2)10-13(3)20-11-16(17,15(18)19-4)14-8-6-5-7-9-14/h5-9,12-13H,10-11,17H2,1-4H3. The van der Waals surface area contributed by atoms with E-state index in [0.29, 0.717) is 11.5 Å². The number of methoxy groups -OCH3 is 1. The molecule has 0 aliphatic rings. The Morgan fingerprint density at radius 1 is 1.25 bits per heavy atom. The Balaban J connectivity index is 2.83. The van der Waals surface area contributed by atoms with Gasteiger partial charge in [-0.05, 0) is 24.8 Å². The first kappa shape index (κ1) is 16.7. The number of hydrogen-bond donors (Lipinski definition) is 1. The van der Waals surface area contributed by atoms with Gasteiger partial charge in [0.25, 0.3) is 0 Å². The predicted octanol–water partition coefficient (Wildman–Crippen LogP) is 2.46. The van der Waals surface area contributed by atoms with Crippen molar-refractivity contribution in [3.63, 3.8) is 0 Å². The second kappa shape index (κ2) is 7.41. The molecule has 0 saturated carbocycles. The topological polar surface area (TPSA) is 61.5 Å². The molecule has 0 radical (unpaired) electrons.